The van der Waals surface area contributed by atoms with Crippen LogP contribution >= 0.6 is 0 Å². The van der Waals surface area contributed by atoms with Gasteiger partial charge in [0.25, 0.3) is 5.91 Å². The molecule has 1 unspecified atom stereocenters. The van der Waals surface area contributed by atoms with Crippen molar-refractivity contribution in [3.8, 4) is 5.75 Å². The van der Waals surface area contributed by atoms with Gasteiger partial charge < -0.3 is 15.4 Å². The summed E-state index contributed by atoms with van der Waals surface area (Å²) in [4.78, 5) is 35.7. The average molecular weight is 383 g/mol. The highest BCUT2D eigenvalue weighted by molar-refractivity contribution is 6.01. The van der Waals surface area contributed by atoms with Crippen molar-refractivity contribution >= 4 is 17.5 Å². The number of carbonyl (C=O) groups excluding carboxylic acids is 2. The van der Waals surface area contributed by atoms with Crippen LogP contribution in [-0.2, 0) is 11.4 Å². The Morgan fingerprint density at radius 2 is 2.04 bits per heavy atom. The fraction of sp³-hybridized carbons (Fsp3) is 0.300. The minimum Gasteiger partial charge on any atom is -0.482 e. The summed E-state index contributed by atoms with van der Waals surface area (Å²) in [6.07, 6.45) is 1.23. The van der Waals surface area contributed by atoms with Crippen LogP contribution in [0.5, 0.6) is 5.75 Å². The summed E-state index contributed by atoms with van der Waals surface area (Å²) in [7, 11) is 0. The first-order valence-corrected chi connectivity index (χ1v) is 9.00. The zero-order valence-electron chi connectivity index (χ0n) is 15.4. The summed E-state index contributed by atoms with van der Waals surface area (Å²) in [6.45, 7) is 2.38. The summed E-state index contributed by atoms with van der Waals surface area (Å²) in [5.41, 5.74) is 0.876. The van der Waals surface area contributed by atoms with Gasteiger partial charge in [0.2, 0.25) is 11.7 Å². The molecule has 1 fully saturated rings. The van der Waals surface area contributed by atoms with Crippen molar-refractivity contribution in [2.45, 2.75) is 32.4 Å². The van der Waals surface area contributed by atoms with E-state index in [0.717, 1.165) is 12.0 Å². The Morgan fingerprint density at radius 3 is 2.71 bits per heavy atom. The molecule has 0 spiro atoms. The summed E-state index contributed by atoms with van der Waals surface area (Å²) in [5.74, 6) is -0.900. The van der Waals surface area contributed by atoms with Gasteiger partial charge in [-0.2, -0.15) is 0 Å². The van der Waals surface area contributed by atoms with Gasteiger partial charge in [-0.25, -0.2) is 0 Å². The van der Waals surface area contributed by atoms with Gasteiger partial charge in [0.15, 0.2) is 0 Å². The van der Waals surface area contributed by atoms with Crippen LogP contribution in [-0.4, -0.2) is 29.3 Å². The molecular formula is C20H21N3O5. The minimum absolute atomic E-state index is 0.0506. The first-order valence-electron chi connectivity index (χ1n) is 9.00. The number of rotatable bonds is 6. The largest absolute Gasteiger partial charge is 0.482 e. The molecule has 8 nitrogen and oxygen atoms in total. The van der Waals surface area contributed by atoms with Gasteiger partial charge >= 0.3 is 5.69 Å². The summed E-state index contributed by atoms with van der Waals surface area (Å²) in [5, 5.41) is 17.0. The highest BCUT2D eigenvalue weighted by Gasteiger charge is 2.31. The lowest BCUT2D eigenvalue weighted by Gasteiger charge is -2.23. The molecule has 1 atom stereocenters. The lowest BCUT2D eigenvalue weighted by molar-refractivity contribution is -0.386. The molecular weight excluding hydrogens is 362 g/mol. The van der Waals surface area contributed by atoms with Gasteiger partial charge in [-0.3, -0.25) is 19.7 Å². The molecule has 1 heterocycles. The molecule has 8 heteroatoms. The van der Waals surface area contributed by atoms with E-state index >= 15 is 0 Å². The van der Waals surface area contributed by atoms with E-state index in [4.69, 9.17) is 4.74 Å². The first-order chi connectivity index (χ1) is 13.5. The van der Waals surface area contributed by atoms with Crippen molar-refractivity contribution in [1.29, 1.82) is 0 Å². The minimum atomic E-state index is -0.698. The molecule has 1 saturated heterocycles. The number of benzene rings is 2. The van der Waals surface area contributed by atoms with Crippen molar-refractivity contribution < 1.29 is 19.2 Å². The Kier molecular flexibility index (Phi) is 5.88. The van der Waals surface area contributed by atoms with Crippen LogP contribution in [0, 0.1) is 17.0 Å². The SMILES string of the molecule is Cc1ccc(C(=O)NC2CCCNC2=O)c([N+](=O)[O-])c1OCc1ccccc1. The highest BCUT2D eigenvalue weighted by Crippen LogP contribution is 2.35. The highest BCUT2D eigenvalue weighted by atomic mass is 16.6. The summed E-state index contributed by atoms with van der Waals surface area (Å²) >= 11 is 0. The van der Waals surface area contributed by atoms with Crippen LogP contribution in [0.1, 0.15) is 34.3 Å². The Hall–Kier alpha value is -3.42. The van der Waals surface area contributed by atoms with Crippen molar-refractivity contribution in [3.63, 3.8) is 0 Å². The Labute approximate surface area is 162 Å². The third-order valence-corrected chi connectivity index (χ3v) is 4.57. The van der Waals surface area contributed by atoms with Gasteiger partial charge in [0, 0.05) is 6.54 Å². The molecule has 3 rings (SSSR count). The lowest BCUT2D eigenvalue weighted by Crippen LogP contribution is -2.50. The molecule has 0 aromatic heterocycles. The number of piperidine rings is 1. The van der Waals surface area contributed by atoms with Crippen molar-refractivity contribution in [1.82, 2.24) is 10.6 Å². The average Bonchev–Trinajstić information content (AvgIpc) is 2.69. The van der Waals surface area contributed by atoms with Gasteiger partial charge in [-0.1, -0.05) is 36.4 Å². The standard InChI is InChI=1S/C20H21N3O5/c1-13-9-10-15(19(24)22-16-8-5-11-21-20(16)25)17(23(26)27)18(13)28-12-14-6-3-2-4-7-14/h2-4,6-7,9-10,16H,5,8,11-12H2,1H3,(H,21,25)(H,22,24). The molecule has 0 aliphatic carbocycles. The molecule has 0 bridgehead atoms. The van der Waals surface area contributed by atoms with Crippen LogP contribution in [0.25, 0.3) is 0 Å². The number of nitro groups is 1. The van der Waals surface area contributed by atoms with Gasteiger partial charge in [0.1, 0.15) is 18.2 Å². The maximum atomic E-state index is 12.7. The van der Waals surface area contributed by atoms with E-state index < -0.39 is 22.6 Å². The van der Waals surface area contributed by atoms with E-state index in [1.54, 1.807) is 13.0 Å². The van der Waals surface area contributed by atoms with Crippen molar-refractivity contribution in [3.05, 3.63) is 69.3 Å². The molecule has 2 amide bonds. The van der Waals surface area contributed by atoms with Crippen molar-refractivity contribution in [2.24, 2.45) is 0 Å². The smallest absolute Gasteiger partial charge is 0.323 e. The molecule has 2 aromatic carbocycles. The molecule has 146 valence electrons. The van der Waals surface area contributed by atoms with Crippen LogP contribution in [0.4, 0.5) is 5.69 Å². The molecule has 2 aromatic rings. The number of nitrogens with zero attached hydrogens (tertiary/aromatic N) is 1. The normalized spacial score (nSPS) is 16.2. The summed E-state index contributed by atoms with van der Waals surface area (Å²) in [6, 6.07) is 11.5. The molecule has 2 N–H and O–H groups in total. The first kappa shape index (κ1) is 19.3. The fourth-order valence-corrected chi connectivity index (χ4v) is 3.09. The maximum absolute atomic E-state index is 12.7. The van der Waals surface area contributed by atoms with Crippen molar-refractivity contribution in [2.75, 3.05) is 6.54 Å². The predicted molar refractivity (Wildman–Crippen MR) is 102 cm³/mol. The second-order valence-electron chi connectivity index (χ2n) is 6.60. The van der Waals surface area contributed by atoms with E-state index in [-0.39, 0.29) is 23.8 Å². The molecule has 0 saturated carbocycles. The van der Waals surface area contributed by atoms with E-state index in [1.165, 1.54) is 6.07 Å². The van der Waals surface area contributed by atoms with Crippen LogP contribution in [0.15, 0.2) is 42.5 Å². The molecule has 1 aliphatic heterocycles. The Bertz CT molecular complexity index is 898. The summed E-state index contributed by atoms with van der Waals surface area (Å²) < 4.78 is 5.72. The second kappa shape index (κ2) is 8.51. The number of ether oxygens (including phenoxy) is 1. The number of aryl methyl sites for hydroxylation is 1. The number of carbonyl (C=O) groups is 2. The zero-order valence-corrected chi connectivity index (χ0v) is 15.4. The van der Waals surface area contributed by atoms with E-state index in [9.17, 15) is 19.7 Å². The number of nitrogens with one attached hydrogen (secondary N) is 2. The predicted octanol–water partition coefficient (Wildman–Crippen LogP) is 2.49. The van der Waals surface area contributed by atoms with E-state index in [2.05, 4.69) is 10.6 Å². The van der Waals surface area contributed by atoms with Gasteiger partial charge in [-0.15, -0.1) is 0 Å². The second-order valence-corrected chi connectivity index (χ2v) is 6.60. The number of hydrogen-bond donors (Lipinski definition) is 2. The number of amides is 2. The van der Waals surface area contributed by atoms with Crippen LogP contribution in [0.3, 0.4) is 0 Å². The van der Waals surface area contributed by atoms with Crippen LogP contribution < -0.4 is 15.4 Å². The third-order valence-electron chi connectivity index (χ3n) is 4.57. The van der Waals surface area contributed by atoms with Gasteiger partial charge in [-0.05, 0) is 37.0 Å². The molecule has 0 radical (unpaired) electrons. The lowest BCUT2D eigenvalue weighted by atomic mass is 10.0. The topological polar surface area (TPSA) is 111 Å². The molecule has 1 aliphatic rings. The maximum Gasteiger partial charge on any atom is 0.323 e. The third kappa shape index (κ3) is 4.28. The van der Waals surface area contributed by atoms with E-state index in [0.29, 0.717) is 18.5 Å². The van der Waals surface area contributed by atoms with Crippen LogP contribution in [0.2, 0.25) is 0 Å². The van der Waals surface area contributed by atoms with E-state index in [1.807, 2.05) is 30.3 Å². The zero-order chi connectivity index (χ0) is 20.1. The fourth-order valence-electron chi connectivity index (χ4n) is 3.09. The number of nitro benzene ring substituents is 1. The quantitative estimate of drug-likeness (QED) is 0.588. The number of hydrogen-bond acceptors (Lipinski definition) is 5. The monoisotopic (exact) mass is 383 g/mol. The molecule has 28 heavy (non-hydrogen) atoms. The Balaban J connectivity index is 1.87. The van der Waals surface area contributed by atoms with Gasteiger partial charge in [0.05, 0.1) is 4.92 Å². The Morgan fingerprint density at radius 1 is 1.29 bits per heavy atom.